The first-order valence-electron chi connectivity index (χ1n) is 6.34. The number of carbonyl (C=O) groups is 1. The molecule has 0 heterocycles. The third-order valence-electron chi connectivity index (χ3n) is 2.77. The lowest BCUT2D eigenvalue weighted by Crippen LogP contribution is -2.37. The highest BCUT2D eigenvalue weighted by Crippen LogP contribution is 2.15. The molecule has 0 aliphatic carbocycles. The molecule has 1 aromatic rings. The highest BCUT2D eigenvalue weighted by Gasteiger charge is 2.12. The molecule has 2 N–H and O–H groups in total. The van der Waals surface area contributed by atoms with Gasteiger partial charge in [0.25, 0.3) is 0 Å². The molecule has 1 unspecified atom stereocenters. The zero-order valence-electron chi connectivity index (χ0n) is 12.0. The van der Waals surface area contributed by atoms with E-state index in [1.54, 1.807) is 24.9 Å². The van der Waals surface area contributed by atoms with Crippen molar-refractivity contribution in [3.05, 3.63) is 29.6 Å². The molecule has 1 aromatic carbocycles. The Hall–Kier alpha value is -1.50. The lowest BCUT2D eigenvalue weighted by Gasteiger charge is -2.19. The van der Waals surface area contributed by atoms with Crippen LogP contribution in [-0.2, 0) is 9.53 Å². The van der Waals surface area contributed by atoms with Crippen LogP contribution in [0, 0.1) is 12.7 Å². The van der Waals surface area contributed by atoms with Gasteiger partial charge in [0, 0.05) is 19.3 Å². The zero-order chi connectivity index (χ0) is 15.1. The summed E-state index contributed by atoms with van der Waals surface area (Å²) >= 11 is 0. The number of halogens is 1. The van der Waals surface area contributed by atoms with Crippen molar-refractivity contribution in [2.45, 2.75) is 13.0 Å². The first kappa shape index (κ1) is 16.6. The highest BCUT2D eigenvalue weighted by atomic mass is 19.1. The molecule has 112 valence electrons. The third-order valence-corrected chi connectivity index (χ3v) is 2.77. The second-order valence-corrected chi connectivity index (χ2v) is 4.81. The normalized spacial score (nSPS) is 12.5. The summed E-state index contributed by atoms with van der Waals surface area (Å²) in [5.74, 6) is -0.652. The molecule has 0 aliphatic heterocycles. The number of hydrogen-bond acceptors (Lipinski definition) is 4. The predicted octanol–water partition coefficient (Wildman–Crippen LogP) is 1.01. The van der Waals surface area contributed by atoms with Crippen LogP contribution in [0.25, 0.3) is 0 Å². The molecule has 6 heteroatoms. The lowest BCUT2D eigenvalue weighted by molar-refractivity contribution is -0.117. The molecule has 0 fully saturated rings. The van der Waals surface area contributed by atoms with Gasteiger partial charge in [0.05, 0.1) is 19.3 Å². The van der Waals surface area contributed by atoms with Crippen molar-refractivity contribution in [2.75, 3.05) is 39.2 Å². The van der Waals surface area contributed by atoms with E-state index in [0.29, 0.717) is 12.2 Å². The molecule has 0 saturated heterocycles. The largest absolute Gasteiger partial charge is 0.389 e. The lowest BCUT2D eigenvalue weighted by atomic mass is 10.2. The van der Waals surface area contributed by atoms with E-state index in [2.05, 4.69) is 5.32 Å². The number of likely N-dealkylation sites (N-methyl/N-ethyl adjacent to an activating group) is 1. The average molecular weight is 284 g/mol. The van der Waals surface area contributed by atoms with E-state index in [4.69, 9.17) is 4.74 Å². The fraction of sp³-hybridized carbons (Fsp3) is 0.500. The summed E-state index contributed by atoms with van der Waals surface area (Å²) in [4.78, 5) is 13.5. The van der Waals surface area contributed by atoms with Crippen LogP contribution in [0.15, 0.2) is 18.2 Å². The number of aliphatic hydroxyl groups excluding tert-OH is 1. The Balaban J connectivity index is 2.49. The minimum Gasteiger partial charge on any atom is -0.389 e. The number of nitrogens with zero attached hydrogens (tertiary/aromatic N) is 1. The molecule has 0 radical (unpaired) electrons. The number of rotatable bonds is 7. The van der Waals surface area contributed by atoms with Gasteiger partial charge in [0.2, 0.25) is 5.91 Å². The number of aryl methyl sites for hydroxylation is 1. The maximum absolute atomic E-state index is 13.1. The Morgan fingerprint density at radius 2 is 2.25 bits per heavy atom. The van der Waals surface area contributed by atoms with Crippen molar-refractivity contribution >= 4 is 11.6 Å². The maximum atomic E-state index is 13.1. The standard InChI is InChI=1S/C14H21FN2O3/c1-10-4-5-11(15)6-13(10)16-14(19)8-17(2)7-12(18)9-20-3/h4-6,12,18H,7-9H2,1-3H3,(H,16,19). The van der Waals surface area contributed by atoms with Crippen LogP contribution in [0.3, 0.4) is 0 Å². The maximum Gasteiger partial charge on any atom is 0.238 e. The first-order chi connectivity index (χ1) is 9.42. The van der Waals surface area contributed by atoms with Crippen molar-refractivity contribution in [1.82, 2.24) is 4.90 Å². The summed E-state index contributed by atoms with van der Waals surface area (Å²) in [6, 6.07) is 4.24. The minimum atomic E-state index is -0.645. The summed E-state index contributed by atoms with van der Waals surface area (Å²) < 4.78 is 17.9. The van der Waals surface area contributed by atoms with Crippen molar-refractivity contribution in [2.24, 2.45) is 0 Å². The van der Waals surface area contributed by atoms with E-state index in [1.807, 2.05) is 0 Å². The van der Waals surface area contributed by atoms with E-state index >= 15 is 0 Å². The SMILES string of the molecule is COCC(O)CN(C)CC(=O)Nc1cc(F)ccc1C. The predicted molar refractivity (Wildman–Crippen MR) is 75.1 cm³/mol. The quantitative estimate of drug-likeness (QED) is 0.784. The molecule has 5 nitrogen and oxygen atoms in total. The molecular formula is C14H21FN2O3. The number of amides is 1. The molecule has 0 saturated carbocycles. The number of aliphatic hydroxyl groups is 1. The van der Waals surface area contributed by atoms with Gasteiger partial charge >= 0.3 is 0 Å². The van der Waals surface area contributed by atoms with Crippen LogP contribution >= 0.6 is 0 Å². The Morgan fingerprint density at radius 3 is 2.90 bits per heavy atom. The number of methoxy groups -OCH3 is 1. The summed E-state index contributed by atoms with van der Waals surface area (Å²) in [7, 11) is 3.22. The summed E-state index contributed by atoms with van der Waals surface area (Å²) in [5.41, 5.74) is 1.25. The van der Waals surface area contributed by atoms with Crippen LogP contribution in [-0.4, -0.2) is 55.9 Å². The topological polar surface area (TPSA) is 61.8 Å². The number of ether oxygens (including phenoxy) is 1. The van der Waals surface area contributed by atoms with E-state index in [-0.39, 0.29) is 19.1 Å². The first-order valence-corrected chi connectivity index (χ1v) is 6.34. The second kappa shape index (κ2) is 7.94. The second-order valence-electron chi connectivity index (χ2n) is 4.81. The minimum absolute atomic E-state index is 0.108. The smallest absolute Gasteiger partial charge is 0.238 e. The van der Waals surface area contributed by atoms with Gasteiger partial charge in [-0.15, -0.1) is 0 Å². The van der Waals surface area contributed by atoms with E-state index < -0.39 is 11.9 Å². The average Bonchev–Trinajstić information content (AvgIpc) is 2.33. The van der Waals surface area contributed by atoms with Crippen LogP contribution in [0.1, 0.15) is 5.56 Å². The van der Waals surface area contributed by atoms with Gasteiger partial charge in [-0.25, -0.2) is 4.39 Å². The Bertz CT molecular complexity index is 454. The summed E-state index contributed by atoms with van der Waals surface area (Å²) in [6.07, 6.45) is -0.645. The number of nitrogens with one attached hydrogen (secondary N) is 1. The van der Waals surface area contributed by atoms with E-state index in [0.717, 1.165) is 5.56 Å². The van der Waals surface area contributed by atoms with Gasteiger partial charge in [0.1, 0.15) is 5.82 Å². The number of hydrogen-bond donors (Lipinski definition) is 2. The Morgan fingerprint density at radius 1 is 1.55 bits per heavy atom. The summed E-state index contributed by atoms with van der Waals surface area (Å²) in [5, 5.41) is 12.2. The Kier molecular flexibility index (Phi) is 6.57. The van der Waals surface area contributed by atoms with Gasteiger partial charge in [-0.05, 0) is 31.7 Å². The third kappa shape index (κ3) is 5.64. The molecular weight excluding hydrogens is 263 g/mol. The molecule has 20 heavy (non-hydrogen) atoms. The van der Waals surface area contributed by atoms with Gasteiger partial charge in [-0.2, -0.15) is 0 Å². The zero-order valence-corrected chi connectivity index (χ0v) is 12.0. The van der Waals surface area contributed by atoms with Crippen LogP contribution in [0.5, 0.6) is 0 Å². The van der Waals surface area contributed by atoms with Crippen LogP contribution in [0.2, 0.25) is 0 Å². The van der Waals surface area contributed by atoms with Crippen LogP contribution in [0.4, 0.5) is 10.1 Å². The number of carbonyl (C=O) groups excluding carboxylic acids is 1. The monoisotopic (exact) mass is 284 g/mol. The highest BCUT2D eigenvalue weighted by molar-refractivity contribution is 5.92. The van der Waals surface area contributed by atoms with Gasteiger partial charge in [-0.3, -0.25) is 9.69 Å². The Labute approximate surface area is 118 Å². The molecule has 0 spiro atoms. The molecule has 1 amide bonds. The number of benzene rings is 1. The van der Waals surface area contributed by atoms with Crippen molar-refractivity contribution < 1.29 is 19.0 Å². The molecule has 1 rings (SSSR count). The fourth-order valence-corrected chi connectivity index (χ4v) is 1.83. The van der Waals surface area contributed by atoms with Crippen LogP contribution < -0.4 is 5.32 Å². The molecule has 0 bridgehead atoms. The van der Waals surface area contributed by atoms with Gasteiger partial charge in [-0.1, -0.05) is 6.07 Å². The van der Waals surface area contributed by atoms with Crippen molar-refractivity contribution in [3.8, 4) is 0 Å². The van der Waals surface area contributed by atoms with E-state index in [9.17, 15) is 14.3 Å². The van der Waals surface area contributed by atoms with E-state index in [1.165, 1.54) is 19.2 Å². The number of anilines is 1. The summed E-state index contributed by atoms with van der Waals surface area (Å²) in [6.45, 7) is 2.44. The molecule has 0 aliphatic rings. The van der Waals surface area contributed by atoms with Gasteiger partial charge in [0.15, 0.2) is 0 Å². The van der Waals surface area contributed by atoms with Crippen molar-refractivity contribution in [3.63, 3.8) is 0 Å². The molecule has 0 aromatic heterocycles. The van der Waals surface area contributed by atoms with Crippen molar-refractivity contribution in [1.29, 1.82) is 0 Å². The fourth-order valence-electron chi connectivity index (χ4n) is 1.83. The van der Waals surface area contributed by atoms with Gasteiger partial charge < -0.3 is 15.2 Å². The molecule has 1 atom stereocenters.